The summed E-state index contributed by atoms with van der Waals surface area (Å²) in [6.45, 7) is 3.83. The highest BCUT2D eigenvalue weighted by Crippen LogP contribution is 2.33. The molecule has 0 spiro atoms. The molecular formula is C23H22N2O3S. The Labute approximate surface area is 171 Å². The Hall–Kier alpha value is -3.12. The topological polar surface area (TPSA) is 66.5 Å². The normalized spacial score (nSPS) is 15.8. The maximum atomic E-state index is 13.2. The molecule has 0 unspecified atom stereocenters. The molecule has 1 aliphatic heterocycles. The Kier molecular flexibility index (Phi) is 4.88. The van der Waals surface area contributed by atoms with E-state index in [0.717, 1.165) is 17.7 Å². The molecule has 0 radical (unpaired) electrons. The molecule has 6 heteroatoms. The molecule has 1 aliphatic rings. The largest absolute Gasteiger partial charge is 0.305 e. The van der Waals surface area contributed by atoms with Gasteiger partial charge in [0, 0.05) is 17.3 Å². The maximum Gasteiger partial charge on any atom is 0.261 e. The number of sulfonamides is 1. The zero-order valence-corrected chi connectivity index (χ0v) is 17.1. The fraction of sp³-hybridized carbons (Fsp3) is 0.174. The van der Waals surface area contributed by atoms with E-state index >= 15 is 0 Å². The molecule has 0 aromatic heterocycles. The van der Waals surface area contributed by atoms with E-state index in [1.807, 2.05) is 36.1 Å². The van der Waals surface area contributed by atoms with Gasteiger partial charge in [-0.25, -0.2) is 8.42 Å². The first kappa shape index (κ1) is 19.2. The van der Waals surface area contributed by atoms with Crippen LogP contribution in [0.15, 0.2) is 77.7 Å². The number of aryl methyl sites for hydroxylation is 1. The van der Waals surface area contributed by atoms with Gasteiger partial charge in [0.2, 0.25) is 0 Å². The second kappa shape index (κ2) is 7.37. The van der Waals surface area contributed by atoms with E-state index in [1.165, 1.54) is 0 Å². The van der Waals surface area contributed by atoms with Crippen molar-refractivity contribution in [2.45, 2.75) is 31.2 Å². The molecule has 3 aromatic carbocycles. The molecule has 0 aliphatic carbocycles. The van der Waals surface area contributed by atoms with Crippen molar-refractivity contribution in [3.63, 3.8) is 0 Å². The van der Waals surface area contributed by atoms with Crippen molar-refractivity contribution in [1.29, 1.82) is 0 Å². The predicted molar refractivity (Wildman–Crippen MR) is 115 cm³/mol. The summed E-state index contributed by atoms with van der Waals surface area (Å²) in [7, 11) is -3.68. The fourth-order valence-corrected chi connectivity index (χ4v) is 4.88. The average Bonchev–Trinajstić information content (AvgIpc) is 3.05. The lowest BCUT2D eigenvalue weighted by Gasteiger charge is -2.23. The summed E-state index contributed by atoms with van der Waals surface area (Å²) in [5.41, 5.74) is 3.79. The number of anilines is 2. The first-order chi connectivity index (χ1) is 13.9. The SMILES string of the molecule is Cc1cc(C(=O)N2c3ccccc3C[C@@H]2C)ccc1NS(=O)(=O)c1ccccc1. The molecular weight excluding hydrogens is 384 g/mol. The van der Waals surface area contributed by atoms with Crippen molar-refractivity contribution >= 4 is 27.3 Å². The lowest BCUT2D eigenvalue weighted by Crippen LogP contribution is -2.35. The molecule has 4 rings (SSSR count). The number of nitrogens with one attached hydrogen (secondary N) is 1. The minimum atomic E-state index is -3.68. The van der Waals surface area contributed by atoms with Gasteiger partial charge < -0.3 is 4.90 Å². The lowest BCUT2D eigenvalue weighted by atomic mass is 10.1. The summed E-state index contributed by atoms with van der Waals surface area (Å²) >= 11 is 0. The van der Waals surface area contributed by atoms with Crippen molar-refractivity contribution in [2.75, 3.05) is 9.62 Å². The third-order valence-electron chi connectivity index (χ3n) is 5.20. The fourth-order valence-electron chi connectivity index (χ4n) is 3.73. The van der Waals surface area contributed by atoms with Crippen LogP contribution in [0.2, 0.25) is 0 Å². The number of benzene rings is 3. The van der Waals surface area contributed by atoms with Gasteiger partial charge in [0.1, 0.15) is 0 Å². The minimum absolute atomic E-state index is 0.0801. The van der Waals surface area contributed by atoms with Crippen LogP contribution in [0.25, 0.3) is 0 Å². The van der Waals surface area contributed by atoms with Crippen LogP contribution in [0, 0.1) is 6.92 Å². The monoisotopic (exact) mass is 406 g/mol. The number of carbonyl (C=O) groups is 1. The first-order valence-electron chi connectivity index (χ1n) is 9.47. The van der Waals surface area contributed by atoms with Gasteiger partial charge in [-0.1, -0.05) is 36.4 Å². The Morgan fingerprint density at radius 2 is 1.69 bits per heavy atom. The Bertz CT molecular complexity index is 1170. The van der Waals surface area contributed by atoms with E-state index < -0.39 is 10.0 Å². The van der Waals surface area contributed by atoms with Gasteiger partial charge in [0.05, 0.1) is 10.6 Å². The zero-order chi connectivity index (χ0) is 20.6. The van der Waals surface area contributed by atoms with Crippen molar-refractivity contribution in [3.05, 3.63) is 89.5 Å². The second-order valence-electron chi connectivity index (χ2n) is 7.31. The van der Waals surface area contributed by atoms with Crippen molar-refractivity contribution in [3.8, 4) is 0 Å². The summed E-state index contributed by atoms with van der Waals surface area (Å²) in [6.07, 6.45) is 0.829. The molecule has 1 heterocycles. The van der Waals surface area contributed by atoms with Gasteiger partial charge in [-0.15, -0.1) is 0 Å². The third-order valence-corrected chi connectivity index (χ3v) is 6.58. The van der Waals surface area contributed by atoms with Crippen LogP contribution < -0.4 is 9.62 Å². The highest BCUT2D eigenvalue weighted by atomic mass is 32.2. The second-order valence-corrected chi connectivity index (χ2v) is 8.99. The lowest BCUT2D eigenvalue weighted by molar-refractivity contribution is 0.0981. The Morgan fingerprint density at radius 1 is 1.00 bits per heavy atom. The van der Waals surface area contributed by atoms with E-state index in [2.05, 4.69) is 4.72 Å². The summed E-state index contributed by atoms with van der Waals surface area (Å²) < 4.78 is 27.8. The molecule has 1 atom stereocenters. The molecule has 0 saturated heterocycles. The van der Waals surface area contributed by atoms with Crippen LogP contribution in [0.1, 0.15) is 28.4 Å². The molecule has 3 aromatic rings. The number of hydrogen-bond acceptors (Lipinski definition) is 3. The van der Waals surface area contributed by atoms with Crippen molar-refractivity contribution < 1.29 is 13.2 Å². The van der Waals surface area contributed by atoms with Gasteiger partial charge in [-0.2, -0.15) is 0 Å². The van der Waals surface area contributed by atoms with Crippen molar-refractivity contribution in [1.82, 2.24) is 0 Å². The van der Waals surface area contributed by atoms with Crippen LogP contribution >= 0.6 is 0 Å². The predicted octanol–water partition coefficient (Wildman–Crippen LogP) is 4.39. The first-order valence-corrected chi connectivity index (χ1v) is 10.9. The third kappa shape index (κ3) is 3.63. The highest BCUT2D eigenvalue weighted by molar-refractivity contribution is 7.92. The minimum Gasteiger partial charge on any atom is -0.305 e. The number of para-hydroxylation sites is 1. The van der Waals surface area contributed by atoms with Gasteiger partial charge in [0.15, 0.2) is 0 Å². The van der Waals surface area contributed by atoms with Crippen LogP contribution in [-0.2, 0) is 16.4 Å². The Balaban J connectivity index is 1.60. The van der Waals surface area contributed by atoms with E-state index in [9.17, 15) is 13.2 Å². The zero-order valence-electron chi connectivity index (χ0n) is 16.3. The molecule has 5 nitrogen and oxygen atoms in total. The van der Waals surface area contributed by atoms with Gasteiger partial charge in [-0.3, -0.25) is 9.52 Å². The molecule has 1 amide bonds. The number of hydrogen-bond donors (Lipinski definition) is 1. The number of nitrogens with zero attached hydrogens (tertiary/aromatic N) is 1. The van der Waals surface area contributed by atoms with Crippen molar-refractivity contribution in [2.24, 2.45) is 0 Å². The summed E-state index contributed by atoms with van der Waals surface area (Å²) in [5, 5.41) is 0. The highest BCUT2D eigenvalue weighted by Gasteiger charge is 2.31. The standard InChI is InChI=1S/C23H22N2O3S/c1-16-14-19(23(26)25-17(2)15-18-8-6-7-11-22(18)25)12-13-21(16)24-29(27,28)20-9-4-3-5-10-20/h3-14,17,24H,15H2,1-2H3/t17-/m0/s1. The smallest absolute Gasteiger partial charge is 0.261 e. The number of amides is 1. The van der Waals surface area contributed by atoms with Gasteiger partial charge in [0.25, 0.3) is 15.9 Å². The van der Waals surface area contributed by atoms with Crippen LogP contribution in [0.5, 0.6) is 0 Å². The average molecular weight is 407 g/mol. The maximum absolute atomic E-state index is 13.2. The van der Waals surface area contributed by atoms with E-state index in [4.69, 9.17) is 0 Å². The molecule has 1 N–H and O–H groups in total. The van der Waals surface area contributed by atoms with Crippen LogP contribution in [-0.4, -0.2) is 20.4 Å². The summed E-state index contributed by atoms with van der Waals surface area (Å²) in [4.78, 5) is 15.2. The van der Waals surface area contributed by atoms with E-state index in [0.29, 0.717) is 16.8 Å². The number of carbonyl (C=O) groups excluding carboxylic acids is 1. The number of fused-ring (bicyclic) bond motifs is 1. The Morgan fingerprint density at radius 3 is 2.41 bits per heavy atom. The van der Waals surface area contributed by atoms with Crippen LogP contribution in [0.4, 0.5) is 11.4 Å². The van der Waals surface area contributed by atoms with E-state index in [-0.39, 0.29) is 16.8 Å². The summed E-state index contributed by atoms with van der Waals surface area (Å²) in [6, 6.07) is 21.3. The molecule has 0 bridgehead atoms. The molecule has 29 heavy (non-hydrogen) atoms. The number of rotatable bonds is 4. The molecule has 148 valence electrons. The summed E-state index contributed by atoms with van der Waals surface area (Å²) in [5.74, 6) is -0.0805. The van der Waals surface area contributed by atoms with Gasteiger partial charge >= 0.3 is 0 Å². The van der Waals surface area contributed by atoms with E-state index in [1.54, 1.807) is 55.5 Å². The van der Waals surface area contributed by atoms with Gasteiger partial charge in [-0.05, 0) is 67.8 Å². The van der Waals surface area contributed by atoms with Crippen LogP contribution in [0.3, 0.4) is 0 Å². The molecule has 0 fully saturated rings. The molecule has 0 saturated carbocycles. The quantitative estimate of drug-likeness (QED) is 0.699.